The summed E-state index contributed by atoms with van der Waals surface area (Å²) < 4.78 is 67.8. The number of hydrogen-bond donors (Lipinski definition) is 1. The maximum Gasteiger partial charge on any atom is 0.420 e. The number of rotatable bonds is 7. The SMILES string of the molecule is CN(C)Cc1ccc(-n2cnc(-c3nc(NC4CCN(S(C)(=O)=O)CC4)ncc3C(F)(F)F)c2)c(Cl)c1. The van der Waals surface area contributed by atoms with Crippen LogP contribution in [0.3, 0.4) is 0 Å². The van der Waals surface area contributed by atoms with E-state index in [1.165, 1.54) is 16.8 Å². The van der Waals surface area contributed by atoms with E-state index in [2.05, 4.69) is 20.3 Å². The molecule has 1 aliphatic heterocycles. The Labute approximate surface area is 218 Å². The number of halogens is 4. The number of nitrogens with one attached hydrogen (secondary N) is 1. The van der Waals surface area contributed by atoms with E-state index >= 15 is 0 Å². The first-order valence-electron chi connectivity index (χ1n) is 11.4. The largest absolute Gasteiger partial charge is 0.420 e. The quantitative estimate of drug-likeness (QED) is 0.471. The Bertz CT molecular complexity index is 1370. The summed E-state index contributed by atoms with van der Waals surface area (Å²) in [6.45, 7) is 1.30. The standard InChI is InChI=1S/C23H27ClF3N7O2S/c1-32(2)12-15-4-5-20(18(24)10-15)33-13-19(29-14-33)21-17(23(25,26)27)11-28-22(31-21)30-16-6-8-34(9-7-16)37(3,35)36/h4-5,10-11,13-14,16H,6-9,12H2,1-3H3,(H,28,30,31). The molecule has 9 nitrogen and oxygen atoms in total. The Morgan fingerprint density at radius 2 is 1.89 bits per heavy atom. The lowest BCUT2D eigenvalue weighted by Crippen LogP contribution is -2.42. The van der Waals surface area contributed by atoms with Crippen molar-refractivity contribution in [2.45, 2.75) is 31.6 Å². The molecular weight excluding hydrogens is 531 g/mol. The Balaban J connectivity index is 1.60. The second-order valence-electron chi connectivity index (χ2n) is 9.22. The van der Waals surface area contributed by atoms with Crippen LogP contribution in [-0.4, -0.2) is 76.6 Å². The molecule has 1 aromatic carbocycles. The molecule has 0 aliphatic carbocycles. The molecule has 0 bridgehead atoms. The van der Waals surface area contributed by atoms with Gasteiger partial charge >= 0.3 is 6.18 Å². The predicted molar refractivity (Wildman–Crippen MR) is 135 cm³/mol. The number of sulfonamides is 1. The van der Waals surface area contributed by atoms with Crippen LogP contribution in [0.4, 0.5) is 19.1 Å². The van der Waals surface area contributed by atoms with Gasteiger partial charge in [-0.25, -0.2) is 27.7 Å². The summed E-state index contributed by atoms with van der Waals surface area (Å²) in [7, 11) is 0.581. The van der Waals surface area contributed by atoms with Gasteiger partial charge < -0.3 is 14.8 Å². The van der Waals surface area contributed by atoms with Gasteiger partial charge in [-0.2, -0.15) is 13.2 Å². The van der Waals surface area contributed by atoms with Gasteiger partial charge in [0, 0.05) is 38.1 Å². The Morgan fingerprint density at radius 1 is 1.19 bits per heavy atom. The molecular formula is C23H27ClF3N7O2S. The number of piperidine rings is 1. The summed E-state index contributed by atoms with van der Waals surface area (Å²) in [6, 6.07) is 5.30. The van der Waals surface area contributed by atoms with Gasteiger partial charge in [-0.1, -0.05) is 17.7 Å². The zero-order valence-corrected chi connectivity index (χ0v) is 22.1. The minimum Gasteiger partial charge on any atom is -0.351 e. The number of alkyl halides is 3. The molecule has 3 aromatic rings. The second kappa shape index (κ2) is 10.6. The van der Waals surface area contributed by atoms with Crippen molar-refractivity contribution in [3.05, 3.63) is 53.1 Å². The summed E-state index contributed by atoms with van der Waals surface area (Å²) in [4.78, 5) is 14.2. The van der Waals surface area contributed by atoms with E-state index in [9.17, 15) is 21.6 Å². The second-order valence-corrected chi connectivity index (χ2v) is 11.6. The Hall–Kier alpha value is -2.74. The molecule has 0 radical (unpaired) electrons. The molecule has 1 aliphatic rings. The van der Waals surface area contributed by atoms with Crippen LogP contribution in [0, 0.1) is 0 Å². The molecule has 0 saturated carbocycles. The number of aromatic nitrogens is 4. The maximum absolute atomic E-state index is 13.8. The molecule has 1 saturated heterocycles. The van der Waals surface area contributed by atoms with E-state index in [-0.39, 0.29) is 23.4 Å². The Morgan fingerprint density at radius 3 is 2.49 bits per heavy atom. The van der Waals surface area contributed by atoms with Crippen molar-refractivity contribution in [3.8, 4) is 17.1 Å². The zero-order valence-electron chi connectivity index (χ0n) is 20.5. The normalized spacial score (nSPS) is 15.9. The van der Waals surface area contributed by atoms with Crippen LogP contribution < -0.4 is 5.32 Å². The van der Waals surface area contributed by atoms with E-state index in [4.69, 9.17) is 11.6 Å². The van der Waals surface area contributed by atoms with Crippen molar-refractivity contribution in [2.24, 2.45) is 0 Å². The molecule has 1 N–H and O–H groups in total. The molecule has 1 fully saturated rings. The topological polar surface area (TPSA) is 96.3 Å². The first kappa shape index (κ1) is 27.3. The molecule has 37 heavy (non-hydrogen) atoms. The molecule has 4 rings (SSSR count). The molecule has 200 valence electrons. The minimum atomic E-state index is -4.69. The predicted octanol–water partition coefficient (Wildman–Crippen LogP) is 3.90. The molecule has 14 heteroatoms. The van der Waals surface area contributed by atoms with Crippen molar-refractivity contribution in [1.82, 2.24) is 28.7 Å². The summed E-state index contributed by atoms with van der Waals surface area (Å²) in [5, 5.41) is 3.48. The third-order valence-corrected chi connectivity index (χ3v) is 7.57. The highest BCUT2D eigenvalue weighted by molar-refractivity contribution is 7.88. The van der Waals surface area contributed by atoms with Crippen molar-refractivity contribution in [2.75, 3.05) is 38.8 Å². The highest BCUT2D eigenvalue weighted by atomic mass is 35.5. The summed E-state index contributed by atoms with van der Waals surface area (Å²) in [5.74, 6) is 0.0152. The molecule has 3 heterocycles. The van der Waals surface area contributed by atoms with Gasteiger partial charge in [0.25, 0.3) is 0 Å². The van der Waals surface area contributed by atoms with E-state index in [1.807, 2.05) is 25.1 Å². The lowest BCUT2D eigenvalue weighted by Gasteiger charge is -2.30. The van der Waals surface area contributed by atoms with Gasteiger partial charge in [-0.05, 0) is 44.6 Å². The van der Waals surface area contributed by atoms with Crippen LogP contribution in [0.2, 0.25) is 5.02 Å². The summed E-state index contributed by atoms with van der Waals surface area (Å²) >= 11 is 6.45. The zero-order chi connectivity index (χ0) is 27.0. The van der Waals surface area contributed by atoms with E-state index < -0.39 is 21.8 Å². The van der Waals surface area contributed by atoms with Crippen LogP contribution in [-0.2, 0) is 22.7 Å². The van der Waals surface area contributed by atoms with Crippen LogP contribution in [0.1, 0.15) is 24.0 Å². The van der Waals surface area contributed by atoms with Crippen molar-refractivity contribution < 1.29 is 21.6 Å². The maximum atomic E-state index is 13.8. The van der Waals surface area contributed by atoms with Crippen molar-refractivity contribution in [3.63, 3.8) is 0 Å². The summed E-state index contributed by atoms with van der Waals surface area (Å²) in [5.41, 5.74) is 0.201. The smallest absolute Gasteiger partial charge is 0.351 e. The van der Waals surface area contributed by atoms with Crippen molar-refractivity contribution >= 4 is 27.6 Å². The van der Waals surface area contributed by atoms with Gasteiger partial charge in [0.2, 0.25) is 16.0 Å². The fraction of sp³-hybridized carbons (Fsp3) is 0.435. The average Bonchev–Trinajstić information content (AvgIpc) is 3.27. The fourth-order valence-electron chi connectivity index (χ4n) is 4.17. The highest BCUT2D eigenvalue weighted by Crippen LogP contribution is 2.36. The first-order valence-corrected chi connectivity index (χ1v) is 13.7. The lowest BCUT2D eigenvalue weighted by atomic mass is 10.1. The molecule has 2 aromatic heterocycles. The molecule has 0 spiro atoms. The minimum absolute atomic E-state index is 0.0121. The monoisotopic (exact) mass is 557 g/mol. The highest BCUT2D eigenvalue weighted by Gasteiger charge is 2.36. The van der Waals surface area contributed by atoms with E-state index in [0.717, 1.165) is 18.0 Å². The van der Waals surface area contributed by atoms with Gasteiger partial charge in [-0.3, -0.25) is 0 Å². The fourth-order valence-corrected chi connectivity index (χ4v) is 5.34. The van der Waals surface area contributed by atoms with E-state index in [1.54, 1.807) is 16.7 Å². The van der Waals surface area contributed by atoms with Crippen molar-refractivity contribution in [1.29, 1.82) is 0 Å². The first-order chi connectivity index (χ1) is 17.3. The molecule has 0 atom stereocenters. The third-order valence-electron chi connectivity index (χ3n) is 5.96. The number of benzene rings is 1. The molecule has 0 amide bonds. The number of anilines is 1. The number of imidazole rings is 1. The van der Waals surface area contributed by atoms with Crippen LogP contribution in [0.25, 0.3) is 17.1 Å². The van der Waals surface area contributed by atoms with Crippen LogP contribution in [0.15, 0.2) is 36.9 Å². The van der Waals surface area contributed by atoms with Gasteiger partial charge in [0.15, 0.2) is 0 Å². The van der Waals surface area contributed by atoms with Gasteiger partial charge in [0.1, 0.15) is 23.3 Å². The molecule has 0 unspecified atom stereocenters. The van der Waals surface area contributed by atoms with Crippen LogP contribution in [0.5, 0.6) is 0 Å². The van der Waals surface area contributed by atoms with Crippen LogP contribution >= 0.6 is 11.6 Å². The average molecular weight is 558 g/mol. The third kappa shape index (κ3) is 6.58. The van der Waals surface area contributed by atoms with Gasteiger partial charge in [-0.15, -0.1) is 0 Å². The summed E-state index contributed by atoms with van der Waals surface area (Å²) in [6.07, 6.45) is 0.976. The number of nitrogens with zero attached hydrogens (tertiary/aromatic N) is 6. The number of hydrogen-bond acceptors (Lipinski definition) is 7. The van der Waals surface area contributed by atoms with E-state index in [0.29, 0.717) is 43.2 Å². The van der Waals surface area contributed by atoms with Gasteiger partial charge in [0.05, 0.1) is 17.0 Å². The lowest BCUT2D eigenvalue weighted by molar-refractivity contribution is -0.137. The Kier molecular flexibility index (Phi) is 7.79.